The minimum Gasteiger partial charge on any atom is -0.484 e. The fourth-order valence-electron chi connectivity index (χ4n) is 2.46. The number of halogens is 2. The molecule has 0 unspecified atom stereocenters. The zero-order valence-electron chi connectivity index (χ0n) is 15.6. The smallest absolute Gasteiger partial charge is 0.258 e. The van der Waals surface area contributed by atoms with E-state index in [4.69, 9.17) is 4.74 Å². The molecule has 2 aromatic rings. The number of amides is 1. The van der Waals surface area contributed by atoms with E-state index in [1.165, 1.54) is 22.5 Å². The van der Waals surface area contributed by atoms with E-state index in [0.29, 0.717) is 18.7 Å². The summed E-state index contributed by atoms with van der Waals surface area (Å²) in [7, 11) is -3.53. The molecule has 1 N–H and O–H groups in total. The average Bonchev–Trinajstić information content (AvgIpc) is 2.68. The first-order valence-electron chi connectivity index (χ1n) is 8.71. The molecule has 0 bridgehead atoms. The molecule has 1 amide bonds. The predicted octanol–water partition coefficient (Wildman–Crippen LogP) is 2.69. The van der Waals surface area contributed by atoms with Crippen molar-refractivity contribution in [2.45, 2.75) is 25.3 Å². The quantitative estimate of drug-likeness (QED) is 0.687. The van der Waals surface area contributed by atoms with Crippen LogP contribution < -0.4 is 10.1 Å². The van der Waals surface area contributed by atoms with Crippen molar-refractivity contribution in [3.63, 3.8) is 0 Å². The molecular weight excluding hydrogens is 390 g/mol. The van der Waals surface area contributed by atoms with E-state index in [2.05, 4.69) is 5.32 Å². The van der Waals surface area contributed by atoms with Crippen LogP contribution in [0.1, 0.15) is 19.4 Å². The molecule has 2 rings (SSSR count). The summed E-state index contributed by atoms with van der Waals surface area (Å²) >= 11 is 0. The summed E-state index contributed by atoms with van der Waals surface area (Å²) < 4.78 is 57.2. The second-order valence-corrected chi connectivity index (χ2v) is 7.81. The summed E-state index contributed by atoms with van der Waals surface area (Å²) in [5.41, 5.74) is 0.708. The maximum atomic E-state index is 13.1. The fraction of sp³-hybridized carbons (Fsp3) is 0.316. The van der Waals surface area contributed by atoms with Crippen LogP contribution in [-0.2, 0) is 21.4 Å². The maximum Gasteiger partial charge on any atom is 0.258 e. The van der Waals surface area contributed by atoms with Crippen molar-refractivity contribution in [2.75, 3.05) is 19.7 Å². The van der Waals surface area contributed by atoms with Gasteiger partial charge in [0, 0.05) is 25.7 Å². The van der Waals surface area contributed by atoms with Crippen LogP contribution in [0.4, 0.5) is 8.78 Å². The third-order valence-electron chi connectivity index (χ3n) is 4.02. The van der Waals surface area contributed by atoms with Gasteiger partial charge in [-0.3, -0.25) is 4.79 Å². The van der Waals surface area contributed by atoms with Gasteiger partial charge in [-0.05, 0) is 29.8 Å². The molecule has 0 saturated carbocycles. The number of sulfonamides is 1. The molecule has 6 nitrogen and oxygen atoms in total. The first kappa shape index (κ1) is 21.8. The second-order valence-electron chi connectivity index (χ2n) is 5.87. The zero-order chi connectivity index (χ0) is 20.7. The molecule has 0 aliphatic carbocycles. The van der Waals surface area contributed by atoms with Crippen LogP contribution >= 0.6 is 0 Å². The van der Waals surface area contributed by atoms with Gasteiger partial charge >= 0.3 is 0 Å². The molecule has 152 valence electrons. The first-order valence-corrected chi connectivity index (χ1v) is 10.2. The fourth-order valence-corrected chi connectivity index (χ4v) is 3.92. The Hall–Kier alpha value is -2.52. The Morgan fingerprint density at radius 2 is 1.68 bits per heavy atom. The summed E-state index contributed by atoms with van der Waals surface area (Å²) in [6, 6.07) is 9.22. The Labute approximate surface area is 163 Å². The van der Waals surface area contributed by atoms with Crippen molar-refractivity contribution < 1.29 is 26.7 Å². The number of hydrogen-bond acceptors (Lipinski definition) is 4. The lowest BCUT2D eigenvalue weighted by Gasteiger charge is -2.18. The highest BCUT2D eigenvalue weighted by Gasteiger charge is 2.21. The van der Waals surface area contributed by atoms with Gasteiger partial charge in [-0.15, -0.1) is 0 Å². The minimum atomic E-state index is -3.53. The molecule has 9 heteroatoms. The summed E-state index contributed by atoms with van der Waals surface area (Å²) in [6.45, 7) is 4.12. The monoisotopic (exact) mass is 412 g/mol. The molecule has 0 atom stereocenters. The van der Waals surface area contributed by atoms with Gasteiger partial charge in [0.1, 0.15) is 5.75 Å². The molecule has 28 heavy (non-hydrogen) atoms. The molecule has 0 spiro atoms. The van der Waals surface area contributed by atoms with Crippen LogP contribution in [0.5, 0.6) is 5.75 Å². The normalized spacial score (nSPS) is 11.5. The van der Waals surface area contributed by atoms with Crippen LogP contribution in [-0.4, -0.2) is 38.3 Å². The number of rotatable bonds is 9. The van der Waals surface area contributed by atoms with Crippen molar-refractivity contribution in [1.29, 1.82) is 0 Å². The molecular formula is C19H22F2N2O4S. The molecule has 0 aliphatic rings. The van der Waals surface area contributed by atoms with Gasteiger partial charge in [0.2, 0.25) is 10.0 Å². The molecule has 0 saturated heterocycles. The molecule has 0 heterocycles. The molecule has 2 aromatic carbocycles. The average molecular weight is 412 g/mol. The van der Waals surface area contributed by atoms with Crippen LogP contribution in [0, 0.1) is 11.6 Å². The van der Waals surface area contributed by atoms with Crippen molar-refractivity contribution in [3.05, 3.63) is 59.7 Å². The van der Waals surface area contributed by atoms with Gasteiger partial charge in [0.05, 0.1) is 4.90 Å². The standard InChI is InChI=1S/C19H22F2N2O4S/c1-3-23(4-2)28(25,26)16-8-5-14(6-9-16)12-22-19(24)13-27-15-7-10-17(20)18(21)11-15/h5-11H,3-4,12-13H2,1-2H3,(H,22,24). The van der Waals surface area contributed by atoms with Crippen molar-refractivity contribution in [2.24, 2.45) is 0 Å². The van der Waals surface area contributed by atoms with Crippen molar-refractivity contribution >= 4 is 15.9 Å². The molecule has 0 radical (unpaired) electrons. The first-order chi connectivity index (χ1) is 13.3. The van der Waals surface area contributed by atoms with Crippen LogP contribution in [0.2, 0.25) is 0 Å². The highest BCUT2D eigenvalue weighted by molar-refractivity contribution is 7.89. The lowest BCUT2D eigenvalue weighted by atomic mass is 10.2. The van der Waals surface area contributed by atoms with Crippen LogP contribution in [0.3, 0.4) is 0 Å². The Bertz CT molecular complexity index is 914. The van der Waals surface area contributed by atoms with E-state index in [9.17, 15) is 22.0 Å². The van der Waals surface area contributed by atoms with Crippen LogP contribution in [0.15, 0.2) is 47.4 Å². The maximum absolute atomic E-state index is 13.1. The van der Waals surface area contributed by atoms with Crippen LogP contribution in [0.25, 0.3) is 0 Å². The zero-order valence-corrected chi connectivity index (χ0v) is 16.4. The number of carbonyl (C=O) groups excluding carboxylic acids is 1. The van der Waals surface area contributed by atoms with Gasteiger partial charge in [-0.1, -0.05) is 26.0 Å². The lowest BCUT2D eigenvalue weighted by Crippen LogP contribution is -2.30. The lowest BCUT2D eigenvalue weighted by molar-refractivity contribution is -0.123. The van der Waals surface area contributed by atoms with E-state index >= 15 is 0 Å². The largest absolute Gasteiger partial charge is 0.484 e. The van der Waals surface area contributed by atoms with E-state index in [1.54, 1.807) is 26.0 Å². The summed E-state index contributed by atoms with van der Waals surface area (Å²) in [6.07, 6.45) is 0. The highest BCUT2D eigenvalue weighted by Crippen LogP contribution is 2.17. The summed E-state index contributed by atoms with van der Waals surface area (Å²) in [5.74, 6) is -2.47. The van der Waals surface area contributed by atoms with Crippen molar-refractivity contribution in [1.82, 2.24) is 9.62 Å². The number of carbonyl (C=O) groups is 1. The summed E-state index contributed by atoms with van der Waals surface area (Å²) in [4.78, 5) is 12.0. The van der Waals surface area contributed by atoms with E-state index in [0.717, 1.165) is 12.1 Å². The Kier molecular flexibility index (Phi) is 7.47. The van der Waals surface area contributed by atoms with Gasteiger partial charge in [-0.2, -0.15) is 4.31 Å². The predicted molar refractivity (Wildman–Crippen MR) is 100 cm³/mol. The minimum absolute atomic E-state index is 0.0417. The number of nitrogens with one attached hydrogen (secondary N) is 1. The number of ether oxygens (including phenoxy) is 1. The number of hydrogen-bond donors (Lipinski definition) is 1. The second kappa shape index (κ2) is 9.61. The SMILES string of the molecule is CCN(CC)S(=O)(=O)c1ccc(CNC(=O)COc2ccc(F)c(F)c2)cc1. The third-order valence-corrected chi connectivity index (χ3v) is 6.08. The Balaban J connectivity index is 1.88. The van der Waals surface area contributed by atoms with Gasteiger partial charge in [0.15, 0.2) is 18.2 Å². The van der Waals surface area contributed by atoms with Gasteiger partial charge in [-0.25, -0.2) is 17.2 Å². The van der Waals surface area contributed by atoms with E-state index in [1.807, 2.05) is 0 Å². The van der Waals surface area contributed by atoms with E-state index in [-0.39, 0.29) is 23.8 Å². The highest BCUT2D eigenvalue weighted by atomic mass is 32.2. The Morgan fingerprint density at radius 1 is 1.04 bits per heavy atom. The van der Waals surface area contributed by atoms with Crippen molar-refractivity contribution in [3.8, 4) is 5.75 Å². The van der Waals surface area contributed by atoms with Gasteiger partial charge < -0.3 is 10.1 Å². The van der Waals surface area contributed by atoms with E-state index < -0.39 is 27.6 Å². The molecule has 0 aliphatic heterocycles. The number of nitrogens with zero attached hydrogens (tertiary/aromatic N) is 1. The topological polar surface area (TPSA) is 75.7 Å². The number of benzene rings is 2. The summed E-state index contributed by atoms with van der Waals surface area (Å²) in [5, 5.41) is 2.61. The molecule has 0 aromatic heterocycles. The third kappa shape index (κ3) is 5.49. The van der Waals surface area contributed by atoms with Gasteiger partial charge in [0.25, 0.3) is 5.91 Å². The molecule has 0 fully saturated rings. The Morgan fingerprint density at radius 3 is 2.25 bits per heavy atom.